The highest BCUT2D eigenvalue weighted by molar-refractivity contribution is 4.82. The molecule has 0 aliphatic rings. The molecule has 9 heavy (non-hydrogen) atoms. The number of hydrogen-bond donors (Lipinski definition) is 0. The van der Waals surface area contributed by atoms with Gasteiger partial charge < -0.3 is 0 Å². The SMILES string of the molecule is CC/C=C/CC(F)(F)F. The van der Waals surface area contributed by atoms with Gasteiger partial charge in [-0.1, -0.05) is 19.1 Å². The van der Waals surface area contributed by atoms with Gasteiger partial charge in [-0.25, -0.2) is 0 Å². The van der Waals surface area contributed by atoms with Crippen LogP contribution in [0.3, 0.4) is 0 Å². The van der Waals surface area contributed by atoms with E-state index in [1.54, 1.807) is 6.92 Å². The van der Waals surface area contributed by atoms with Crippen molar-refractivity contribution in [3.63, 3.8) is 0 Å². The Labute approximate surface area is 52.4 Å². The second-order valence-electron chi connectivity index (χ2n) is 1.70. The summed E-state index contributed by atoms with van der Waals surface area (Å²) in [5.74, 6) is 0. The maximum absolute atomic E-state index is 11.3. The summed E-state index contributed by atoms with van der Waals surface area (Å²) in [6.45, 7) is 1.80. The zero-order valence-electron chi connectivity index (χ0n) is 5.20. The lowest BCUT2D eigenvalue weighted by Gasteiger charge is -1.99. The minimum atomic E-state index is -4.04. The Bertz CT molecular complexity index is 91.0. The largest absolute Gasteiger partial charge is 0.392 e. The van der Waals surface area contributed by atoms with Gasteiger partial charge in [-0.2, -0.15) is 13.2 Å². The van der Waals surface area contributed by atoms with Gasteiger partial charge in [0.25, 0.3) is 0 Å². The van der Waals surface area contributed by atoms with Gasteiger partial charge in [0.1, 0.15) is 0 Å². The molecule has 0 rings (SSSR count). The van der Waals surface area contributed by atoms with Crippen LogP contribution in [0, 0.1) is 0 Å². The van der Waals surface area contributed by atoms with Gasteiger partial charge in [-0.3, -0.25) is 0 Å². The van der Waals surface area contributed by atoms with E-state index in [0.29, 0.717) is 6.42 Å². The van der Waals surface area contributed by atoms with E-state index in [-0.39, 0.29) is 0 Å². The maximum Gasteiger partial charge on any atom is 0.392 e. The van der Waals surface area contributed by atoms with Gasteiger partial charge in [0.05, 0.1) is 6.42 Å². The molecule has 0 spiro atoms. The number of allylic oxidation sites excluding steroid dienone is 2. The van der Waals surface area contributed by atoms with Crippen LogP contribution in [0.2, 0.25) is 0 Å². The molecule has 0 unspecified atom stereocenters. The average Bonchev–Trinajstić information content (AvgIpc) is 1.63. The number of halogens is 3. The van der Waals surface area contributed by atoms with Gasteiger partial charge in [0.15, 0.2) is 0 Å². The molecule has 0 saturated carbocycles. The first kappa shape index (κ1) is 8.53. The quantitative estimate of drug-likeness (QED) is 0.514. The minimum absolute atomic E-state index is 0.663. The van der Waals surface area contributed by atoms with Crippen molar-refractivity contribution < 1.29 is 13.2 Å². The summed E-state index contributed by atoms with van der Waals surface area (Å²) in [4.78, 5) is 0. The predicted octanol–water partition coefficient (Wildman–Crippen LogP) is 2.91. The van der Waals surface area contributed by atoms with E-state index < -0.39 is 12.6 Å². The lowest BCUT2D eigenvalue weighted by molar-refractivity contribution is -0.125. The van der Waals surface area contributed by atoms with Crippen molar-refractivity contribution in [1.29, 1.82) is 0 Å². The summed E-state index contributed by atoms with van der Waals surface area (Å²) in [5.41, 5.74) is 0. The van der Waals surface area contributed by atoms with E-state index in [9.17, 15) is 13.2 Å². The molecule has 0 heterocycles. The summed E-state index contributed by atoms with van der Waals surface area (Å²) >= 11 is 0. The average molecular weight is 138 g/mol. The first-order valence-electron chi connectivity index (χ1n) is 2.78. The lowest BCUT2D eigenvalue weighted by Crippen LogP contribution is -2.03. The molecule has 0 bridgehead atoms. The first-order valence-corrected chi connectivity index (χ1v) is 2.78. The van der Waals surface area contributed by atoms with Crippen molar-refractivity contribution in [1.82, 2.24) is 0 Å². The van der Waals surface area contributed by atoms with Crippen LogP contribution in [0.1, 0.15) is 19.8 Å². The van der Waals surface area contributed by atoms with Gasteiger partial charge in [0.2, 0.25) is 0 Å². The molecule has 0 aromatic rings. The second kappa shape index (κ2) is 3.54. The molecule has 0 fully saturated rings. The van der Waals surface area contributed by atoms with E-state index >= 15 is 0 Å². The fourth-order valence-electron chi connectivity index (χ4n) is 0.384. The fraction of sp³-hybridized carbons (Fsp3) is 0.667. The van der Waals surface area contributed by atoms with Crippen molar-refractivity contribution in [2.45, 2.75) is 25.9 Å². The summed E-state index contributed by atoms with van der Waals surface area (Å²) in [7, 11) is 0. The Kier molecular flexibility index (Phi) is 3.35. The van der Waals surface area contributed by atoms with E-state index in [1.165, 1.54) is 6.08 Å². The van der Waals surface area contributed by atoms with Gasteiger partial charge in [-0.15, -0.1) is 0 Å². The molecule has 0 radical (unpaired) electrons. The third kappa shape index (κ3) is 7.53. The summed E-state index contributed by atoms with van der Waals surface area (Å²) in [6.07, 6.45) is -1.53. The number of hydrogen-bond acceptors (Lipinski definition) is 0. The molecule has 0 aliphatic carbocycles. The van der Waals surface area contributed by atoms with Crippen LogP contribution >= 0.6 is 0 Å². The van der Waals surface area contributed by atoms with Crippen LogP contribution in [-0.2, 0) is 0 Å². The van der Waals surface area contributed by atoms with Crippen LogP contribution < -0.4 is 0 Å². The van der Waals surface area contributed by atoms with Crippen LogP contribution in [0.5, 0.6) is 0 Å². The summed E-state index contributed by atoms with van der Waals surface area (Å²) in [6, 6.07) is 0. The van der Waals surface area contributed by atoms with Crippen LogP contribution in [-0.4, -0.2) is 6.18 Å². The van der Waals surface area contributed by atoms with E-state index in [1.807, 2.05) is 0 Å². The van der Waals surface area contributed by atoms with E-state index in [4.69, 9.17) is 0 Å². The molecule has 54 valence electrons. The molecular weight excluding hydrogens is 129 g/mol. The second-order valence-corrected chi connectivity index (χ2v) is 1.70. The monoisotopic (exact) mass is 138 g/mol. The Hall–Kier alpha value is -0.470. The molecule has 0 N–H and O–H groups in total. The highest BCUT2D eigenvalue weighted by Gasteiger charge is 2.24. The normalized spacial score (nSPS) is 12.9. The zero-order chi connectivity index (χ0) is 7.33. The number of alkyl halides is 3. The third-order valence-electron chi connectivity index (χ3n) is 0.752. The van der Waals surface area contributed by atoms with Crippen molar-refractivity contribution in [3.05, 3.63) is 12.2 Å². The standard InChI is InChI=1S/C6H9F3/c1-2-3-4-5-6(7,8)9/h3-4H,2,5H2,1H3/b4-3+. The van der Waals surface area contributed by atoms with Gasteiger partial charge >= 0.3 is 6.18 Å². The van der Waals surface area contributed by atoms with Crippen molar-refractivity contribution in [2.24, 2.45) is 0 Å². The van der Waals surface area contributed by atoms with Gasteiger partial charge in [-0.05, 0) is 6.42 Å². The zero-order valence-corrected chi connectivity index (χ0v) is 5.20. The Morgan fingerprint density at radius 2 is 1.78 bits per heavy atom. The highest BCUT2D eigenvalue weighted by Crippen LogP contribution is 2.19. The molecule has 0 amide bonds. The van der Waals surface area contributed by atoms with Gasteiger partial charge in [0, 0.05) is 0 Å². The van der Waals surface area contributed by atoms with Crippen molar-refractivity contribution in [2.75, 3.05) is 0 Å². The molecule has 0 nitrogen and oxygen atoms in total. The number of rotatable bonds is 2. The van der Waals surface area contributed by atoms with Crippen LogP contribution in [0.4, 0.5) is 13.2 Å². The molecular formula is C6H9F3. The van der Waals surface area contributed by atoms with Crippen LogP contribution in [0.25, 0.3) is 0 Å². The highest BCUT2D eigenvalue weighted by atomic mass is 19.4. The Morgan fingerprint density at radius 3 is 2.11 bits per heavy atom. The van der Waals surface area contributed by atoms with Crippen molar-refractivity contribution in [3.8, 4) is 0 Å². The summed E-state index contributed by atoms with van der Waals surface area (Å²) < 4.78 is 34.0. The topological polar surface area (TPSA) is 0 Å². The van der Waals surface area contributed by atoms with E-state index in [2.05, 4.69) is 0 Å². The minimum Gasteiger partial charge on any atom is -0.171 e. The molecule has 0 aromatic carbocycles. The van der Waals surface area contributed by atoms with Crippen molar-refractivity contribution >= 4 is 0 Å². The molecule has 0 atom stereocenters. The molecule has 0 aromatic heterocycles. The van der Waals surface area contributed by atoms with E-state index in [0.717, 1.165) is 6.08 Å². The lowest BCUT2D eigenvalue weighted by atomic mass is 10.3. The Morgan fingerprint density at radius 1 is 1.22 bits per heavy atom. The Balaban J connectivity index is 3.38. The van der Waals surface area contributed by atoms with Crippen LogP contribution in [0.15, 0.2) is 12.2 Å². The third-order valence-corrected chi connectivity index (χ3v) is 0.752. The fourth-order valence-corrected chi connectivity index (χ4v) is 0.384. The smallest absolute Gasteiger partial charge is 0.171 e. The molecule has 0 aliphatic heterocycles. The predicted molar refractivity (Wildman–Crippen MR) is 30.1 cm³/mol. The summed E-state index contributed by atoms with van der Waals surface area (Å²) in [5, 5.41) is 0. The first-order chi connectivity index (χ1) is 4.06. The maximum atomic E-state index is 11.3. The molecule has 3 heteroatoms. The molecule has 0 saturated heterocycles.